The largest absolute Gasteiger partial charge is 0.423 e. The second kappa shape index (κ2) is 7.05. The van der Waals surface area contributed by atoms with Crippen LogP contribution in [0, 0.1) is 0 Å². The standard InChI is InChI=1S/C21H12ClNO4/c22-17-6-2-1-5-15(17)20(24)26-14-9-8-13-11-16(18-7-3-4-10-23-18)21(25)27-19(13)12-14/h1-12H. The van der Waals surface area contributed by atoms with Gasteiger partial charge in [-0.15, -0.1) is 0 Å². The van der Waals surface area contributed by atoms with Crippen molar-refractivity contribution in [3.05, 3.63) is 93.9 Å². The fraction of sp³-hybridized carbons (Fsp3) is 0. The van der Waals surface area contributed by atoms with Gasteiger partial charge in [-0.3, -0.25) is 4.98 Å². The maximum absolute atomic E-state index is 12.3. The van der Waals surface area contributed by atoms with Gasteiger partial charge >= 0.3 is 11.6 Å². The number of pyridine rings is 1. The molecule has 0 aliphatic carbocycles. The molecule has 0 saturated heterocycles. The van der Waals surface area contributed by atoms with Gasteiger partial charge in [0.15, 0.2) is 0 Å². The molecule has 0 spiro atoms. The van der Waals surface area contributed by atoms with Gasteiger partial charge in [-0.05, 0) is 42.5 Å². The summed E-state index contributed by atoms with van der Waals surface area (Å²) in [6.45, 7) is 0. The number of hydrogen-bond donors (Lipinski definition) is 0. The zero-order valence-electron chi connectivity index (χ0n) is 13.9. The molecule has 0 aliphatic heterocycles. The highest BCUT2D eigenvalue weighted by Gasteiger charge is 2.14. The van der Waals surface area contributed by atoms with Crippen LogP contribution in [-0.2, 0) is 0 Å². The molecule has 6 heteroatoms. The normalized spacial score (nSPS) is 10.7. The van der Waals surface area contributed by atoms with Crippen LogP contribution in [0.5, 0.6) is 5.75 Å². The molecule has 0 fully saturated rings. The van der Waals surface area contributed by atoms with Crippen LogP contribution in [-0.4, -0.2) is 11.0 Å². The van der Waals surface area contributed by atoms with E-state index in [4.69, 9.17) is 20.8 Å². The first-order valence-corrected chi connectivity index (χ1v) is 8.45. The second-order valence-corrected chi connectivity index (χ2v) is 6.14. The summed E-state index contributed by atoms with van der Waals surface area (Å²) in [5.74, 6) is -0.339. The van der Waals surface area contributed by atoms with Crippen molar-refractivity contribution in [1.82, 2.24) is 4.98 Å². The first-order valence-electron chi connectivity index (χ1n) is 8.08. The number of esters is 1. The Labute approximate surface area is 158 Å². The lowest BCUT2D eigenvalue weighted by molar-refractivity contribution is 0.0735. The van der Waals surface area contributed by atoms with Crippen molar-refractivity contribution in [1.29, 1.82) is 0 Å². The number of rotatable bonds is 3. The zero-order chi connectivity index (χ0) is 18.8. The van der Waals surface area contributed by atoms with Crippen molar-refractivity contribution in [3.63, 3.8) is 0 Å². The molecule has 4 aromatic rings. The maximum atomic E-state index is 12.3. The van der Waals surface area contributed by atoms with Crippen LogP contribution in [0.4, 0.5) is 0 Å². The summed E-state index contributed by atoms with van der Waals surface area (Å²) in [5, 5.41) is 0.989. The van der Waals surface area contributed by atoms with Crippen LogP contribution in [0.25, 0.3) is 22.2 Å². The monoisotopic (exact) mass is 377 g/mol. The highest BCUT2D eigenvalue weighted by Crippen LogP contribution is 2.25. The van der Waals surface area contributed by atoms with E-state index in [-0.39, 0.29) is 11.3 Å². The van der Waals surface area contributed by atoms with Crippen LogP contribution in [0.3, 0.4) is 0 Å². The highest BCUT2D eigenvalue weighted by atomic mass is 35.5. The predicted molar refractivity (Wildman–Crippen MR) is 102 cm³/mol. The van der Waals surface area contributed by atoms with Crippen LogP contribution in [0.1, 0.15) is 10.4 Å². The maximum Gasteiger partial charge on any atom is 0.345 e. The van der Waals surface area contributed by atoms with E-state index in [1.54, 1.807) is 66.9 Å². The molecule has 0 atom stereocenters. The minimum absolute atomic E-state index is 0.251. The van der Waals surface area contributed by atoms with Gasteiger partial charge in [0.1, 0.15) is 11.3 Å². The van der Waals surface area contributed by atoms with Crippen molar-refractivity contribution < 1.29 is 13.9 Å². The van der Waals surface area contributed by atoms with Crippen molar-refractivity contribution in [2.24, 2.45) is 0 Å². The van der Waals surface area contributed by atoms with E-state index in [1.807, 2.05) is 0 Å². The van der Waals surface area contributed by atoms with Crippen molar-refractivity contribution in [2.75, 3.05) is 0 Å². The number of halogens is 1. The number of carbonyl (C=O) groups is 1. The number of nitrogens with zero attached hydrogens (tertiary/aromatic N) is 1. The van der Waals surface area contributed by atoms with E-state index < -0.39 is 11.6 Å². The van der Waals surface area contributed by atoms with Crippen molar-refractivity contribution >= 4 is 28.5 Å². The minimum atomic E-state index is -0.590. The Kier molecular flexibility index (Phi) is 4.44. The number of hydrogen-bond acceptors (Lipinski definition) is 5. The molecular formula is C21H12ClNO4. The average molecular weight is 378 g/mol. The zero-order valence-corrected chi connectivity index (χ0v) is 14.6. The third kappa shape index (κ3) is 3.45. The smallest absolute Gasteiger partial charge is 0.345 e. The summed E-state index contributed by atoms with van der Waals surface area (Å²) in [7, 11) is 0. The Morgan fingerprint density at radius 3 is 2.59 bits per heavy atom. The molecule has 0 N–H and O–H groups in total. The van der Waals surface area contributed by atoms with Gasteiger partial charge in [0, 0.05) is 17.6 Å². The third-order valence-electron chi connectivity index (χ3n) is 3.95. The lowest BCUT2D eigenvalue weighted by Crippen LogP contribution is -2.09. The van der Waals surface area contributed by atoms with Gasteiger partial charge in [0.05, 0.1) is 21.8 Å². The van der Waals surface area contributed by atoms with Crippen LogP contribution < -0.4 is 10.4 Å². The molecule has 0 radical (unpaired) electrons. The molecule has 2 heterocycles. The molecule has 132 valence electrons. The molecule has 2 aromatic heterocycles. The van der Waals surface area contributed by atoms with Crippen molar-refractivity contribution in [3.8, 4) is 17.0 Å². The summed E-state index contributed by atoms with van der Waals surface area (Å²) >= 11 is 6.01. The number of carbonyl (C=O) groups excluding carboxylic acids is 1. The van der Waals surface area contributed by atoms with E-state index >= 15 is 0 Å². The molecule has 0 unspecified atom stereocenters. The highest BCUT2D eigenvalue weighted by molar-refractivity contribution is 6.33. The molecule has 27 heavy (non-hydrogen) atoms. The fourth-order valence-electron chi connectivity index (χ4n) is 2.64. The van der Waals surface area contributed by atoms with Crippen molar-refractivity contribution in [2.45, 2.75) is 0 Å². The van der Waals surface area contributed by atoms with E-state index in [1.165, 1.54) is 6.07 Å². The molecule has 0 saturated carbocycles. The van der Waals surface area contributed by atoms with Gasteiger partial charge in [-0.1, -0.05) is 29.8 Å². The molecule has 0 amide bonds. The summed E-state index contributed by atoms with van der Waals surface area (Å²) in [6, 6.07) is 18.4. The lowest BCUT2D eigenvalue weighted by Gasteiger charge is -2.07. The second-order valence-electron chi connectivity index (χ2n) is 5.73. The van der Waals surface area contributed by atoms with Crippen LogP contribution in [0.2, 0.25) is 5.02 Å². The van der Waals surface area contributed by atoms with Gasteiger partial charge in [0.25, 0.3) is 0 Å². The van der Waals surface area contributed by atoms with Gasteiger partial charge in [-0.25, -0.2) is 9.59 Å². The third-order valence-corrected chi connectivity index (χ3v) is 4.28. The first kappa shape index (κ1) is 17.0. The number of aromatic nitrogens is 1. The topological polar surface area (TPSA) is 69.4 Å². The van der Waals surface area contributed by atoms with Gasteiger partial charge < -0.3 is 9.15 Å². The summed E-state index contributed by atoms with van der Waals surface area (Å²) in [5.41, 5.74) is 0.942. The van der Waals surface area contributed by atoms with Crippen LogP contribution >= 0.6 is 11.6 Å². The van der Waals surface area contributed by atoms with E-state index in [9.17, 15) is 9.59 Å². The van der Waals surface area contributed by atoms with Crippen LogP contribution in [0.15, 0.2) is 82.1 Å². The molecule has 5 nitrogen and oxygen atoms in total. The Morgan fingerprint density at radius 1 is 1.00 bits per heavy atom. The average Bonchev–Trinajstić information content (AvgIpc) is 2.68. The van der Waals surface area contributed by atoms with E-state index in [0.717, 1.165) is 0 Å². The minimum Gasteiger partial charge on any atom is -0.423 e. The first-order chi connectivity index (χ1) is 13.1. The Balaban J connectivity index is 1.68. The number of benzene rings is 2. The molecule has 0 bridgehead atoms. The van der Waals surface area contributed by atoms with E-state index in [0.29, 0.717) is 27.2 Å². The molecule has 0 aliphatic rings. The summed E-state index contributed by atoms with van der Waals surface area (Å²) in [4.78, 5) is 28.7. The number of ether oxygens (including phenoxy) is 1. The van der Waals surface area contributed by atoms with Gasteiger partial charge in [-0.2, -0.15) is 0 Å². The molecule has 4 rings (SSSR count). The summed E-state index contributed by atoms with van der Waals surface area (Å²) in [6.07, 6.45) is 1.61. The summed E-state index contributed by atoms with van der Waals surface area (Å²) < 4.78 is 10.7. The van der Waals surface area contributed by atoms with E-state index in [2.05, 4.69) is 4.98 Å². The molecular weight excluding hydrogens is 366 g/mol. The molecule has 2 aromatic carbocycles. The fourth-order valence-corrected chi connectivity index (χ4v) is 2.86. The van der Waals surface area contributed by atoms with Gasteiger partial charge in [0.2, 0.25) is 0 Å². The lowest BCUT2D eigenvalue weighted by atomic mass is 10.1. The predicted octanol–water partition coefficient (Wildman–Crippen LogP) is 4.73. The Morgan fingerprint density at radius 2 is 1.81 bits per heavy atom. The number of fused-ring (bicyclic) bond motifs is 1. The Hall–Kier alpha value is -3.44. The SMILES string of the molecule is O=C(Oc1ccc2cc(-c3ccccn3)c(=O)oc2c1)c1ccccc1Cl. The Bertz CT molecular complexity index is 1200. The quantitative estimate of drug-likeness (QED) is 0.293.